The summed E-state index contributed by atoms with van der Waals surface area (Å²) in [6, 6.07) is 10.9. The Hall–Kier alpha value is -2.51. The second-order valence-corrected chi connectivity index (χ2v) is 8.13. The van der Waals surface area contributed by atoms with Crippen LogP contribution in [-0.4, -0.2) is 37.1 Å². The van der Waals surface area contributed by atoms with Crippen molar-refractivity contribution < 1.29 is 23.5 Å². The smallest absolute Gasteiger partial charge is 0.258 e. The van der Waals surface area contributed by atoms with Gasteiger partial charge in [0.15, 0.2) is 13.2 Å². The maximum atomic E-state index is 13.4. The van der Waals surface area contributed by atoms with Crippen molar-refractivity contribution in [1.29, 1.82) is 0 Å². The molecule has 0 aromatic heterocycles. The summed E-state index contributed by atoms with van der Waals surface area (Å²) < 4.78 is 24.1. The van der Waals surface area contributed by atoms with E-state index in [-0.39, 0.29) is 47.9 Å². The zero-order chi connectivity index (χ0) is 22.2. The number of nitrogens with one attached hydrogen (secondary N) is 2. The van der Waals surface area contributed by atoms with Crippen molar-refractivity contribution in [3.05, 3.63) is 58.3 Å². The Kier molecular flexibility index (Phi) is 8.37. The van der Waals surface area contributed by atoms with Gasteiger partial charge < -0.3 is 20.1 Å². The molecule has 0 unspecified atom stereocenters. The topological polar surface area (TPSA) is 76.7 Å². The molecular weight excluding hydrogens is 446 g/mol. The summed E-state index contributed by atoms with van der Waals surface area (Å²) in [5.74, 6) is -0.248. The molecule has 2 aromatic carbocycles. The molecule has 2 aromatic rings. The lowest BCUT2D eigenvalue weighted by atomic mass is 9.91. The van der Waals surface area contributed by atoms with Crippen molar-refractivity contribution in [2.24, 2.45) is 0 Å². The number of carbonyl (C=O) groups excluding carboxylic acids is 2. The average molecular weight is 469 g/mol. The number of benzene rings is 2. The minimum absolute atomic E-state index is 0.00260. The van der Waals surface area contributed by atoms with Crippen molar-refractivity contribution in [3.8, 4) is 11.5 Å². The van der Waals surface area contributed by atoms with Gasteiger partial charge in [0, 0.05) is 23.2 Å². The summed E-state index contributed by atoms with van der Waals surface area (Å²) in [5.41, 5.74) is 0. The van der Waals surface area contributed by atoms with Crippen LogP contribution in [-0.2, 0) is 9.59 Å². The van der Waals surface area contributed by atoms with Gasteiger partial charge >= 0.3 is 0 Å². The summed E-state index contributed by atoms with van der Waals surface area (Å²) in [5, 5.41) is 6.47. The molecule has 0 aliphatic heterocycles. The highest BCUT2D eigenvalue weighted by Gasteiger charge is 2.23. The Bertz CT molecular complexity index is 903. The molecule has 1 aliphatic carbocycles. The minimum Gasteiger partial charge on any atom is -0.484 e. The van der Waals surface area contributed by atoms with Crippen LogP contribution >= 0.6 is 23.2 Å². The molecule has 2 N–H and O–H groups in total. The van der Waals surface area contributed by atoms with Gasteiger partial charge in [0.2, 0.25) is 0 Å². The lowest BCUT2D eigenvalue weighted by Gasteiger charge is -2.29. The summed E-state index contributed by atoms with van der Waals surface area (Å²) in [6.07, 6.45) is 2.98. The lowest BCUT2D eigenvalue weighted by molar-refractivity contribution is -0.125. The van der Waals surface area contributed by atoms with Crippen LogP contribution in [0.3, 0.4) is 0 Å². The first-order valence-corrected chi connectivity index (χ1v) is 10.7. The number of hydrogen-bond acceptors (Lipinski definition) is 4. The highest BCUT2D eigenvalue weighted by Crippen LogP contribution is 2.21. The molecule has 0 bridgehead atoms. The fourth-order valence-electron chi connectivity index (χ4n) is 3.32. The van der Waals surface area contributed by atoms with Gasteiger partial charge in [-0.05, 0) is 62.1 Å². The first kappa shape index (κ1) is 23.2. The van der Waals surface area contributed by atoms with Crippen LogP contribution in [0, 0.1) is 5.82 Å². The van der Waals surface area contributed by atoms with E-state index in [9.17, 15) is 14.0 Å². The molecule has 9 heteroatoms. The van der Waals surface area contributed by atoms with Crippen LogP contribution in [0.2, 0.25) is 10.0 Å². The third kappa shape index (κ3) is 7.60. The quantitative estimate of drug-likeness (QED) is 0.610. The summed E-state index contributed by atoms with van der Waals surface area (Å²) in [4.78, 5) is 24.2. The fraction of sp³-hybridized carbons (Fsp3) is 0.364. The van der Waals surface area contributed by atoms with Crippen LogP contribution in [0.15, 0.2) is 42.5 Å². The van der Waals surface area contributed by atoms with E-state index in [2.05, 4.69) is 10.6 Å². The van der Waals surface area contributed by atoms with Gasteiger partial charge in [-0.1, -0.05) is 23.2 Å². The standard InChI is InChI=1S/C22H23Cl2FN2O4/c23-14-1-7-17(8-2-14)30-12-21(28)26-15-3-5-16(6-4-15)27-22(29)13-31-18-9-10-19(24)20(25)11-18/h1-2,7-11,15-16H,3-6,12-13H2,(H,26,28)(H,27,29). The number of ether oxygens (including phenoxy) is 2. The van der Waals surface area contributed by atoms with E-state index in [0.717, 1.165) is 31.7 Å². The number of carbonyl (C=O) groups is 2. The molecule has 2 amide bonds. The van der Waals surface area contributed by atoms with Crippen molar-refractivity contribution in [1.82, 2.24) is 10.6 Å². The monoisotopic (exact) mass is 468 g/mol. The molecule has 1 aliphatic rings. The Morgan fingerprint density at radius 3 is 1.84 bits per heavy atom. The van der Waals surface area contributed by atoms with E-state index in [4.69, 9.17) is 32.7 Å². The number of rotatable bonds is 8. The largest absolute Gasteiger partial charge is 0.484 e. The predicted molar refractivity (Wildman–Crippen MR) is 116 cm³/mol. The van der Waals surface area contributed by atoms with Crippen molar-refractivity contribution in [3.63, 3.8) is 0 Å². The first-order chi connectivity index (χ1) is 14.9. The molecule has 0 saturated heterocycles. The molecule has 166 valence electrons. The fourth-order valence-corrected chi connectivity index (χ4v) is 3.56. The summed E-state index contributed by atoms with van der Waals surface area (Å²) in [6.45, 7) is -0.277. The molecule has 1 fully saturated rings. The van der Waals surface area contributed by atoms with Crippen LogP contribution in [0.4, 0.5) is 4.39 Å². The third-order valence-corrected chi connectivity index (χ3v) is 5.46. The molecular formula is C22H23Cl2FN2O4. The number of amides is 2. The molecule has 0 heterocycles. The average Bonchev–Trinajstić information content (AvgIpc) is 2.75. The molecule has 3 rings (SSSR count). The van der Waals surface area contributed by atoms with E-state index in [1.54, 1.807) is 24.3 Å². The maximum absolute atomic E-state index is 13.4. The van der Waals surface area contributed by atoms with Gasteiger partial charge in [-0.25, -0.2) is 4.39 Å². The van der Waals surface area contributed by atoms with Crippen molar-refractivity contribution >= 4 is 35.0 Å². The third-order valence-electron chi connectivity index (χ3n) is 4.90. The summed E-state index contributed by atoms with van der Waals surface area (Å²) in [7, 11) is 0. The molecule has 31 heavy (non-hydrogen) atoms. The Labute approximate surface area is 190 Å². The van der Waals surface area contributed by atoms with E-state index in [1.807, 2.05) is 0 Å². The first-order valence-electron chi connectivity index (χ1n) is 9.94. The predicted octanol–water partition coefficient (Wildman–Crippen LogP) is 4.13. The van der Waals surface area contributed by atoms with Crippen LogP contribution < -0.4 is 20.1 Å². The Balaban J connectivity index is 1.32. The number of hydrogen-bond donors (Lipinski definition) is 2. The molecule has 1 saturated carbocycles. The highest BCUT2D eigenvalue weighted by molar-refractivity contribution is 6.30. The van der Waals surface area contributed by atoms with Crippen molar-refractivity contribution in [2.45, 2.75) is 37.8 Å². The van der Waals surface area contributed by atoms with Crippen LogP contribution in [0.5, 0.6) is 11.5 Å². The van der Waals surface area contributed by atoms with Gasteiger partial charge in [0.1, 0.15) is 17.3 Å². The second-order valence-electron chi connectivity index (χ2n) is 7.29. The number of halogens is 3. The zero-order valence-corrected chi connectivity index (χ0v) is 18.2. The Morgan fingerprint density at radius 2 is 1.32 bits per heavy atom. The van der Waals surface area contributed by atoms with Gasteiger partial charge in [0.25, 0.3) is 11.8 Å². The highest BCUT2D eigenvalue weighted by atomic mass is 35.5. The van der Waals surface area contributed by atoms with Gasteiger partial charge in [-0.2, -0.15) is 0 Å². The SMILES string of the molecule is O=C(COc1ccc(Cl)cc1)NC1CCC(NC(=O)COc2ccc(Cl)c(F)c2)CC1. The van der Waals surface area contributed by atoms with E-state index >= 15 is 0 Å². The maximum Gasteiger partial charge on any atom is 0.258 e. The van der Waals surface area contributed by atoms with Gasteiger partial charge in [-0.3, -0.25) is 9.59 Å². The van der Waals surface area contributed by atoms with Gasteiger partial charge in [-0.15, -0.1) is 0 Å². The van der Waals surface area contributed by atoms with E-state index in [1.165, 1.54) is 12.1 Å². The minimum atomic E-state index is -0.599. The normalized spacial score (nSPS) is 18.2. The summed E-state index contributed by atoms with van der Waals surface area (Å²) >= 11 is 11.4. The van der Waals surface area contributed by atoms with E-state index in [0.29, 0.717) is 10.8 Å². The molecule has 0 spiro atoms. The van der Waals surface area contributed by atoms with E-state index < -0.39 is 5.82 Å². The molecule has 6 nitrogen and oxygen atoms in total. The van der Waals surface area contributed by atoms with Crippen molar-refractivity contribution in [2.75, 3.05) is 13.2 Å². The Morgan fingerprint density at radius 1 is 0.839 bits per heavy atom. The van der Waals surface area contributed by atoms with Crippen LogP contribution in [0.25, 0.3) is 0 Å². The molecule has 0 radical (unpaired) electrons. The molecule has 0 atom stereocenters. The van der Waals surface area contributed by atoms with Crippen LogP contribution in [0.1, 0.15) is 25.7 Å². The second kappa shape index (κ2) is 11.2. The van der Waals surface area contributed by atoms with Gasteiger partial charge in [0.05, 0.1) is 5.02 Å². The zero-order valence-electron chi connectivity index (χ0n) is 16.7. The lowest BCUT2D eigenvalue weighted by Crippen LogP contribution is -2.45.